The number of hydrogen-bond acceptors (Lipinski definition) is 4. The standard InChI is InChI=1S/C12H19ClN4O2/c1-17-7-9(10(13)12(19)16-17)15-8-5-3-2-4-6-14-11(8)18/h7-8,10,15H,2-6H2,1H3,(H,14,18)(H,16,19). The maximum Gasteiger partial charge on any atom is 0.262 e. The number of hydrazine groups is 1. The lowest BCUT2D eigenvalue weighted by Gasteiger charge is -2.30. The average molecular weight is 287 g/mol. The van der Waals surface area contributed by atoms with E-state index in [0.29, 0.717) is 12.2 Å². The number of amides is 2. The van der Waals surface area contributed by atoms with Crippen molar-refractivity contribution in [2.24, 2.45) is 0 Å². The van der Waals surface area contributed by atoms with Gasteiger partial charge in [-0.25, -0.2) is 0 Å². The molecule has 2 amide bonds. The molecular weight excluding hydrogens is 268 g/mol. The molecule has 2 rings (SSSR count). The monoisotopic (exact) mass is 286 g/mol. The first-order valence-electron chi connectivity index (χ1n) is 6.51. The third kappa shape index (κ3) is 3.53. The van der Waals surface area contributed by atoms with Gasteiger partial charge in [0.05, 0.1) is 5.70 Å². The molecule has 7 heteroatoms. The lowest BCUT2D eigenvalue weighted by atomic mass is 10.0. The molecule has 0 aliphatic carbocycles. The summed E-state index contributed by atoms with van der Waals surface area (Å²) in [4.78, 5) is 23.5. The van der Waals surface area contributed by atoms with E-state index in [-0.39, 0.29) is 17.9 Å². The second-order valence-corrected chi connectivity index (χ2v) is 5.31. The SMILES string of the molecule is CN1C=C(NC2CCCCCNC2=O)C(Cl)C(=O)N1. The van der Waals surface area contributed by atoms with Gasteiger partial charge in [-0.15, -0.1) is 11.6 Å². The van der Waals surface area contributed by atoms with Gasteiger partial charge in [0.25, 0.3) is 5.91 Å². The molecule has 1 fully saturated rings. The summed E-state index contributed by atoms with van der Waals surface area (Å²) < 4.78 is 0. The second-order valence-electron chi connectivity index (χ2n) is 4.87. The first-order valence-corrected chi connectivity index (χ1v) is 6.95. The third-order valence-corrected chi connectivity index (χ3v) is 3.68. The van der Waals surface area contributed by atoms with E-state index in [0.717, 1.165) is 25.7 Å². The molecule has 2 atom stereocenters. The molecule has 6 nitrogen and oxygen atoms in total. The van der Waals surface area contributed by atoms with Crippen LogP contribution in [0.25, 0.3) is 0 Å². The molecule has 2 heterocycles. The maximum atomic E-state index is 12.0. The summed E-state index contributed by atoms with van der Waals surface area (Å²) in [6.07, 6.45) is 5.56. The molecule has 0 saturated carbocycles. The van der Waals surface area contributed by atoms with E-state index >= 15 is 0 Å². The van der Waals surface area contributed by atoms with Gasteiger partial charge in [0.15, 0.2) is 5.38 Å². The number of nitrogens with zero attached hydrogens (tertiary/aromatic N) is 1. The van der Waals surface area contributed by atoms with Gasteiger partial charge in [-0.1, -0.05) is 12.8 Å². The summed E-state index contributed by atoms with van der Waals surface area (Å²) in [5.74, 6) is -0.321. The average Bonchev–Trinajstić information content (AvgIpc) is 2.34. The minimum Gasteiger partial charge on any atom is -0.374 e. The molecular formula is C12H19ClN4O2. The molecule has 2 aliphatic rings. The van der Waals surface area contributed by atoms with Crippen LogP contribution in [0.5, 0.6) is 0 Å². The van der Waals surface area contributed by atoms with Gasteiger partial charge in [-0.05, 0) is 12.8 Å². The van der Waals surface area contributed by atoms with Crippen molar-refractivity contribution >= 4 is 23.4 Å². The molecule has 2 unspecified atom stereocenters. The molecule has 0 aromatic rings. The minimum absolute atomic E-state index is 0.0295. The van der Waals surface area contributed by atoms with Crippen molar-refractivity contribution in [3.8, 4) is 0 Å². The fourth-order valence-corrected chi connectivity index (χ4v) is 2.41. The van der Waals surface area contributed by atoms with Crippen LogP contribution >= 0.6 is 11.6 Å². The predicted molar refractivity (Wildman–Crippen MR) is 72.0 cm³/mol. The first kappa shape index (κ1) is 14.0. The van der Waals surface area contributed by atoms with Gasteiger partial charge < -0.3 is 10.6 Å². The summed E-state index contributed by atoms with van der Waals surface area (Å²) in [6, 6.07) is -0.327. The Morgan fingerprint density at radius 1 is 1.32 bits per heavy atom. The summed E-state index contributed by atoms with van der Waals surface area (Å²) in [6.45, 7) is 0.709. The Bertz CT molecular complexity index is 399. The number of carbonyl (C=O) groups excluding carboxylic acids is 2. The number of nitrogens with one attached hydrogen (secondary N) is 3. The van der Waals surface area contributed by atoms with Crippen LogP contribution < -0.4 is 16.1 Å². The van der Waals surface area contributed by atoms with Gasteiger partial charge in [0, 0.05) is 19.8 Å². The highest BCUT2D eigenvalue weighted by Gasteiger charge is 2.29. The number of alkyl halides is 1. The highest BCUT2D eigenvalue weighted by molar-refractivity contribution is 6.32. The fraction of sp³-hybridized carbons (Fsp3) is 0.667. The molecule has 0 radical (unpaired) electrons. The topological polar surface area (TPSA) is 73.5 Å². The molecule has 0 bridgehead atoms. The molecule has 106 valence electrons. The Morgan fingerprint density at radius 2 is 2.11 bits per heavy atom. The van der Waals surface area contributed by atoms with Crippen LogP contribution in [0, 0.1) is 0 Å². The lowest BCUT2D eigenvalue weighted by molar-refractivity contribution is -0.125. The van der Waals surface area contributed by atoms with Crippen molar-refractivity contribution in [1.29, 1.82) is 0 Å². The Balaban J connectivity index is 2.05. The van der Waals surface area contributed by atoms with Gasteiger partial charge in [0.2, 0.25) is 5.91 Å². The molecule has 0 aromatic carbocycles. The Morgan fingerprint density at radius 3 is 2.89 bits per heavy atom. The van der Waals surface area contributed by atoms with E-state index in [1.54, 1.807) is 13.2 Å². The van der Waals surface area contributed by atoms with Gasteiger partial charge in [0.1, 0.15) is 6.04 Å². The van der Waals surface area contributed by atoms with Crippen LogP contribution in [-0.4, -0.2) is 41.8 Å². The van der Waals surface area contributed by atoms with Crippen molar-refractivity contribution in [3.63, 3.8) is 0 Å². The normalized spacial score (nSPS) is 28.7. The van der Waals surface area contributed by atoms with Gasteiger partial charge >= 0.3 is 0 Å². The summed E-state index contributed by atoms with van der Waals surface area (Å²) >= 11 is 6.04. The van der Waals surface area contributed by atoms with Crippen molar-refractivity contribution < 1.29 is 9.59 Å². The number of carbonyl (C=O) groups is 2. The first-order chi connectivity index (χ1) is 9.08. The van der Waals surface area contributed by atoms with E-state index in [4.69, 9.17) is 11.6 Å². The maximum absolute atomic E-state index is 12.0. The van der Waals surface area contributed by atoms with Crippen LogP contribution in [0.15, 0.2) is 11.9 Å². The molecule has 3 N–H and O–H groups in total. The number of halogens is 1. The van der Waals surface area contributed by atoms with Gasteiger partial charge in [-0.2, -0.15) is 0 Å². The zero-order chi connectivity index (χ0) is 13.8. The smallest absolute Gasteiger partial charge is 0.262 e. The third-order valence-electron chi connectivity index (χ3n) is 3.25. The van der Waals surface area contributed by atoms with E-state index in [1.807, 2.05) is 0 Å². The van der Waals surface area contributed by atoms with Crippen LogP contribution in [0.3, 0.4) is 0 Å². The van der Waals surface area contributed by atoms with E-state index in [9.17, 15) is 9.59 Å². The molecule has 0 spiro atoms. The fourth-order valence-electron chi connectivity index (χ4n) is 2.24. The molecule has 0 aromatic heterocycles. The lowest BCUT2D eigenvalue weighted by Crippen LogP contribution is -2.52. The van der Waals surface area contributed by atoms with Crippen molar-refractivity contribution in [1.82, 2.24) is 21.1 Å². The second kappa shape index (κ2) is 6.14. The van der Waals surface area contributed by atoms with Crippen LogP contribution in [0.4, 0.5) is 0 Å². The number of rotatable bonds is 2. The largest absolute Gasteiger partial charge is 0.374 e. The highest BCUT2D eigenvalue weighted by atomic mass is 35.5. The number of hydrogen-bond donors (Lipinski definition) is 3. The zero-order valence-electron chi connectivity index (χ0n) is 10.9. The quantitative estimate of drug-likeness (QED) is 0.628. The van der Waals surface area contributed by atoms with Crippen molar-refractivity contribution in [2.45, 2.75) is 37.1 Å². The van der Waals surface area contributed by atoms with E-state index in [1.165, 1.54) is 5.01 Å². The predicted octanol–water partition coefficient (Wildman–Crippen LogP) is 0.0602. The Labute approximate surface area is 117 Å². The summed E-state index contributed by atoms with van der Waals surface area (Å²) in [7, 11) is 1.71. The molecule has 19 heavy (non-hydrogen) atoms. The zero-order valence-corrected chi connectivity index (χ0v) is 11.7. The van der Waals surface area contributed by atoms with Crippen LogP contribution in [-0.2, 0) is 9.59 Å². The minimum atomic E-state index is -0.783. The summed E-state index contributed by atoms with van der Waals surface area (Å²) in [5, 5.41) is 6.73. The Hall–Kier alpha value is -1.43. The molecule has 2 aliphatic heterocycles. The van der Waals surface area contributed by atoms with Crippen LogP contribution in [0.1, 0.15) is 25.7 Å². The Kier molecular flexibility index (Phi) is 4.52. The summed E-state index contributed by atoms with van der Waals surface area (Å²) in [5.41, 5.74) is 3.14. The van der Waals surface area contributed by atoms with Crippen LogP contribution in [0.2, 0.25) is 0 Å². The van der Waals surface area contributed by atoms with E-state index < -0.39 is 5.38 Å². The van der Waals surface area contributed by atoms with Crippen molar-refractivity contribution in [2.75, 3.05) is 13.6 Å². The van der Waals surface area contributed by atoms with Gasteiger partial charge in [-0.3, -0.25) is 20.0 Å². The van der Waals surface area contributed by atoms with E-state index in [2.05, 4.69) is 16.1 Å². The highest BCUT2D eigenvalue weighted by Crippen LogP contribution is 2.15. The van der Waals surface area contributed by atoms with Crippen molar-refractivity contribution in [3.05, 3.63) is 11.9 Å². The molecule has 1 saturated heterocycles.